The number of nitrogens with zero attached hydrogens (tertiary/aromatic N) is 1. The summed E-state index contributed by atoms with van der Waals surface area (Å²) in [6.45, 7) is 0.148. The van der Waals surface area contributed by atoms with Gasteiger partial charge in [-0.15, -0.1) is 0 Å². The Labute approximate surface area is 113 Å². The lowest BCUT2D eigenvalue weighted by Gasteiger charge is -2.06. The van der Waals surface area contributed by atoms with Crippen molar-refractivity contribution in [3.8, 4) is 5.75 Å². The second kappa shape index (κ2) is 6.43. The molecule has 1 aromatic carbocycles. The van der Waals surface area contributed by atoms with E-state index in [9.17, 15) is 10.0 Å². The minimum atomic E-state index is -0.614. The second-order valence-electron chi connectivity index (χ2n) is 3.18. The van der Waals surface area contributed by atoms with E-state index in [4.69, 9.17) is 4.74 Å². The molecule has 1 aromatic rings. The molecule has 0 bridgehead atoms. The normalized spacial score (nSPS) is 11.1. The number of para-hydroxylation sites is 1. The lowest BCUT2D eigenvalue weighted by molar-refractivity contribution is -0.783. The summed E-state index contributed by atoms with van der Waals surface area (Å²) in [6, 6.07) is 5.57. The van der Waals surface area contributed by atoms with Crippen LogP contribution in [0.25, 0.3) is 0 Å². The largest absolute Gasteiger partial charge is 0.495 e. The Morgan fingerprint density at radius 3 is 2.82 bits per heavy atom. The van der Waals surface area contributed by atoms with Crippen LogP contribution >= 0.6 is 22.6 Å². The maximum absolute atomic E-state index is 10.9. The molecule has 0 saturated carbocycles. The fraction of sp³-hybridized carbons (Fsp3) is 0.273. The van der Waals surface area contributed by atoms with Crippen molar-refractivity contribution in [1.82, 2.24) is 0 Å². The standard InChI is InChI=1S/C11H13INO4/c1-16-10(14)7-13(15)6-8-4-3-5-9(12)11(8)17-2/h3-5,7,15H,6H2,1-2H3/q+1/b13-7-. The van der Waals surface area contributed by atoms with Gasteiger partial charge in [0.25, 0.3) is 6.21 Å². The summed E-state index contributed by atoms with van der Waals surface area (Å²) in [5.41, 5.74) is 0.780. The molecular weight excluding hydrogens is 337 g/mol. The number of methoxy groups -OCH3 is 2. The number of benzene rings is 1. The quantitative estimate of drug-likeness (QED) is 0.223. The van der Waals surface area contributed by atoms with Crippen LogP contribution < -0.4 is 4.74 Å². The van der Waals surface area contributed by atoms with Crippen LogP contribution in [0.4, 0.5) is 0 Å². The van der Waals surface area contributed by atoms with Crippen molar-refractivity contribution < 1.29 is 24.2 Å². The highest BCUT2D eigenvalue weighted by Crippen LogP contribution is 2.25. The Balaban J connectivity index is 2.92. The molecule has 0 saturated heterocycles. The zero-order valence-electron chi connectivity index (χ0n) is 9.51. The first kappa shape index (κ1) is 13.8. The molecular formula is C11H13INO4+. The van der Waals surface area contributed by atoms with Gasteiger partial charge in [0.1, 0.15) is 5.75 Å². The van der Waals surface area contributed by atoms with Gasteiger partial charge in [-0.05, 0) is 39.5 Å². The van der Waals surface area contributed by atoms with Crippen LogP contribution in [0.3, 0.4) is 0 Å². The highest BCUT2D eigenvalue weighted by molar-refractivity contribution is 14.1. The molecule has 1 N–H and O–H groups in total. The fourth-order valence-corrected chi connectivity index (χ4v) is 2.08. The van der Waals surface area contributed by atoms with Gasteiger partial charge in [-0.2, -0.15) is 0 Å². The van der Waals surface area contributed by atoms with Gasteiger partial charge in [0.15, 0.2) is 0 Å². The first-order valence-electron chi connectivity index (χ1n) is 4.78. The third kappa shape index (κ3) is 3.88. The third-order valence-electron chi connectivity index (χ3n) is 2.04. The molecule has 0 aliphatic heterocycles. The lowest BCUT2D eigenvalue weighted by atomic mass is 10.2. The average Bonchev–Trinajstić information content (AvgIpc) is 2.29. The Morgan fingerprint density at radius 1 is 1.53 bits per heavy atom. The number of ether oxygens (including phenoxy) is 2. The monoisotopic (exact) mass is 350 g/mol. The molecule has 0 heterocycles. The zero-order chi connectivity index (χ0) is 12.8. The van der Waals surface area contributed by atoms with Crippen LogP contribution in [0.1, 0.15) is 5.56 Å². The maximum atomic E-state index is 10.9. The van der Waals surface area contributed by atoms with Gasteiger partial charge in [-0.1, -0.05) is 6.07 Å². The Morgan fingerprint density at radius 2 is 2.24 bits per heavy atom. The van der Waals surface area contributed by atoms with E-state index in [0.29, 0.717) is 5.75 Å². The smallest absolute Gasteiger partial charge is 0.399 e. The van der Waals surface area contributed by atoms with E-state index in [1.807, 2.05) is 18.2 Å². The number of hydroxylamine groups is 1. The molecule has 0 aromatic heterocycles. The SMILES string of the molecule is COC(=O)/C=[N+](\O)Cc1cccc(I)c1OC. The van der Waals surface area contributed by atoms with Crippen LogP contribution in [0.5, 0.6) is 5.75 Å². The number of carbonyl (C=O) groups is 1. The van der Waals surface area contributed by atoms with Crippen molar-refractivity contribution in [3.05, 3.63) is 27.3 Å². The molecule has 1 rings (SSSR count). The van der Waals surface area contributed by atoms with Crippen molar-refractivity contribution in [2.75, 3.05) is 14.2 Å². The van der Waals surface area contributed by atoms with Gasteiger partial charge in [0.2, 0.25) is 6.54 Å². The fourth-order valence-electron chi connectivity index (χ4n) is 1.30. The van der Waals surface area contributed by atoms with Crippen molar-refractivity contribution in [2.45, 2.75) is 6.54 Å². The van der Waals surface area contributed by atoms with Crippen LogP contribution in [-0.2, 0) is 16.1 Å². The summed E-state index contributed by atoms with van der Waals surface area (Å²) in [6.07, 6.45) is 0.972. The van der Waals surface area contributed by atoms with Crippen LogP contribution in [0.15, 0.2) is 18.2 Å². The predicted molar refractivity (Wildman–Crippen MR) is 69.5 cm³/mol. The maximum Gasteiger partial charge on any atom is 0.399 e. The molecule has 0 spiro atoms. The molecule has 0 aliphatic carbocycles. The summed E-state index contributed by atoms with van der Waals surface area (Å²) < 4.78 is 11.3. The first-order chi connectivity index (χ1) is 8.08. The topological polar surface area (TPSA) is 58.8 Å². The Kier molecular flexibility index (Phi) is 5.20. The number of hydrogen-bond donors (Lipinski definition) is 1. The minimum absolute atomic E-state index is 0.148. The van der Waals surface area contributed by atoms with Gasteiger partial charge in [-0.3, -0.25) is 5.21 Å². The molecule has 17 heavy (non-hydrogen) atoms. The van der Waals surface area contributed by atoms with Gasteiger partial charge in [-0.25, -0.2) is 4.79 Å². The highest BCUT2D eigenvalue weighted by atomic mass is 127. The van der Waals surface area contributed by atoms with Crippen LogP contribution in [0, 0.1) is 3.57 Å². The van der Waals surface area contributed by atoms with E-state index < -0.39 is 5.97 Å². The Bertz CT molecular complexity index is 445. The molecule has 0 fully saturated rings. The average molecular weight is 350 g/mol. The first-order valence-corrected chi connectivity index (χ1v) is 5.86. The van der Waals surface area contributed by atoms with Gasteiger partial charge in [0.05, 0.1) is 23.4 Å². The summed E-state index contributed by atoms with van der Waals surface area (Å²) >= 11 is 2.14. The van der Waals surface area contributed by atoms with E-state index in [-0.39, 0.29) is 6.54 Å². The summed E-state index contributed by atoms with van der Waals surface area (Å²) in [7, 11) is 2.81. The van der Waals surface area contributed by atoms with E-state index in [2.05, 4.69) is 27.3 Å². The summed E-state index contributed by atoms with van der Waals surface area (Å²) in [5, 5.41) is 9.53. The van der Waals surface area contributed by atoms with Crippen LogP contribution in [0.2, 0.25) is 0 Å². The molecule has 0 radical (unpaired) electrons. The molecule has 0 amide bonds. The molecule has 6 heteroatoms. The molecule has 0 atom stereocenters. The number of halogens is 1. The predicted octanol–water partition coefficient (Wildman–Crippen LogP) is 1.45. The highest BCUT2D eigenvalue weighted by Gasteiger charge is 2.14. The molecule has 5 nitrogen and oxygen atoms in total. The van der Waals surface area contributed by atoms with E-state index in [1.165, 1.54) is 7.11 Å². The van der Waals surface area contributed by atoms with Crippen molar-refractivity contribution in [2.24, 2.45) is 0 Å². The molecule has 0 aliphatic rings. The lowest BCUT2D eigenvalue weighted by Crippen LogP contribution is -2.15. The number of rotatable bonds is 4. The minimum Gasteiger partial charge on any atom is -0.495 e. The third-order valence-corrected chi connectivity index (χ3v) is 2.89. The number of carbonyl (C=O) groups excluding carboxylic acids is 1. The van der Waals surface area contributed by atoms with E-state index in [1.54, 1.807) is 7.11 Å². The zero-order valence-corrected chi connectivity index (χ0v) is 11.7. The van der Waals surface area contributed by atoms with Crippen LogP contribution in [-0.4, -0.2) is 36.3 Å². The number of esters is 1. The number of hydrogen-bond acceptors (Lipinski definition) is 4. The summed E-state index contributed by atoms with van der Waals surface area (Å²) in [4.78, 5) is 10.9. The Hall–Kier alpha value is -1.31. The van der Waals surface area contributed by atoms with Crippen molar-refractivity contribution in [3.63, 3.8) is 0 Å². The molecule has 92 valence electrons. The van der Waals surface area contributed by atoms with Gasteiger partial charge >= 0.3 is 5.97 Å². The van der Waals surface area contributed by atoms with Crippen molar-refractivity contribution >= 4 is 34.8 Å². The van der Waals surface area contributed by atoms with Gasteiger partial charge in [0, 0.05) is 0 Å². The summed E-state index contributed by atoms with van der Waals surface area (Å²) in [5.74, 6) is 0.0718. The molecule has 0 unspecified atom stereocenters. The van der Waals surface area contributed by atoms with E-state index >= 15 is 0 Å². The van der Waals surface area contributed by atoms with Gasteiger partial charge < -0.3 is 9.47 Å². The second-order valence-corrected chi connectivity index (χ2v) is 4.34. The van der Waals surface area contributed by atoms with E-state index in [0.717, 1.165) is 20.1 Å². The van der Waals surface area contributed by atoms with Crippen molar-refractivity contribution in [1.29, 1.82) is 0 Å².